The molecule has 2 aromatic rings. The van der Waals surface area contributed by atoms with Gasteiger partial charge < -0.3 is 4.74 Å². The first kappa shape index (κ1) is 15.6. The lowest BCUT2D eigenvalue weighted by molar-refractivity contribution is 0.413. The molecule has 0 spiro atoms. The minimum Gasteiger partial charge on any atom is -0.497 e. The summed E-state index contributed by atoms with van der Waals surface area (Å²) in [6.45, 7) is 2.26. The standard InChI is InChI=1S/C17H18Br2O/c1-12(17(19)13-6-4-3-5-7-13)10-14-11-15(20-2)8-9-16(14)18/h3-9,11-12,17H,10H2,1-2H3. The van der Waals surface area contributed by atoms with Crippen LogP contribution in [0.15, 0.2) is 53.0 Å². The fourth-order valence-corrected chi connectivity index (χ4v) is 3.15. The fraction of sp³-hybridized carbons (Fsp3) is 0.294. The van der Waals surface area contributed by atoms with Crippen LogP contribution in [0.2, 0.25) is 0 Å². The molecular weight excluding hydrogens is 380 g/mol. The van der Waals surface area contributed by atoms with Crippen molar-refractivity contribution in [3.63, 3.8) is 0 Å². The van der Waals surface area contributed by atoms with Crippen LogP contribution in [0.4, 0.5) is 0 Å². The molecule has 0 heterocycles. The third-order valence-electron chi connectivity index (χ3n) is 3.41. The zero-order valence-electron chi connectivity index (χ0n) is 11.6. The summed E-state index contributed by atoms with van der Waals surface area (Å²) >= 11 is 7.45. The van der Waals surface area contributed by atoms with Crippen LogP contribution in [0.3, 0.4) is 0 Å². The normalized spacial score (nSPS) is 13.8. The summed E-state index contributed by atoms with van der Waals surface area (Å²) < 4.78 is 6.44. The molecule has 0 saturated carbocycles. The first-order chi connectivity index (χ1) is 9.61. The molecule has 0 bridgehead atoms. The Morgan fingerprint density at radius 3 is 2.45 bits per heavy atom. The third-order valence-corrected chi connectivity index (χ3v) is 5.62. The second kappa shape index (κ2) is 7.28. The summed E-state index contributed by atoms with van der Waals surface area (Å²) in [5.41, 5.74) is 2.59. The van der Waals surface area contributed by atoms with Crippen molar-refractivity contribution in [2.75, 3.05) is 7.11 Å². The fourth-order valence-electron chi connectivity index (χ4n) is 2.25. The molecular formula is C17H18Br2O. The van der Waals surface area contributed by atoms with E-state index in [0.717, 1.165) is 16.6 Å². The highest BCUT2D eigenvalue weighted by Gasteiger charge is 2.17. The van der Waals surface area contributed by atoms with E-state index in [1.165, 1.54) is 11.1 Å². The Kier molecular flexibility index (Phi) is 5.67. The number of hydrogen-bond donors (Lipinski definition) is 0. The van der Waals surface area contributed by atoms with Crippen molar-refractivity contribution in [3.8, 4) is 5.75 Å². The smallest absolute Gasteiger partial charge is 0.119 e. The molecule has 2 atom stereocenters. The second-order valence-corrected chi connectivity index (χ2v) is 6.79. The Balaban J connectivity index is 2.13. The predicted molar refractivity (Wildman–Crippen MR) is 91.7 cm³/mol. The lowest BCUT2D eigenvalue weighted by atomic mass is 9.94. The van der Waals surface area contributed by atoms with Gasteiger partial charge in [0.1, 0.15) is 5.75 Å². The van der Waals surface area contributed by atoms with Crippen molar-refractivity contribution >= 4 is 31.9 Å². The van der Waals surface area contributed by atoms with Crippen LogP contribution in [0.5, 0.6) is 5.75 Å². The minimum atomic E-state index is 0.349. The van der Waals surface area contributed by atoms with Gasteiger partial charge in [0.25, 0.3) is 0 Å². The van der Waals surface area contributed by atoms with Gasteiger partial charge in [0, 0.05) is 9.30 Å². The summed E-state index contributed by atoms with van der Waals surface area (Å²) in [6.07, 6.45) is 0.989. The van der Waals surface area contributed by atoms with E-state index in [9.17, 15) is 0 Å². The molecule has 0 aliphatic rings. The van der Waals surface area contributed by atoms with Gasteiger partial charge >= 0.3 is 0 Å². The van der Waals surface area contributed by atoms with Crippen molar-refractivity contribution in [3.05, 3.63) is 64.1 Å². The molecule has 0 radical (unpaired) electrons. The molecule has 0 aliphatic carbocycles. The van der Waals surface area contributed by atoms with Crippen molar-refractivity contribution < 1.29 is 4.74 Å². The van der Waals surface area contributed by atoms with Crippen LogP contribution in [0.1, 0.15) is 22.9 Å². The molecule has 0 aliphatic heterocycles. The molecule has 0 N–H and O–H groups in total. The van der Waals surface area contributed by atoms with Crippen LogP contribution < -0.4 is 4.74 Å². The molecule has 20 heavy (non-hydrogen) atoms. The van der Waals surface area contributed by atoms with Gasteiger partial charge in [0.15, 0.2) is 0 Å². The van der Waals surface area contributed by atoms with Crippen LogP contribution in [-0.2, 0) is 6.42 Å². The lowest BCUT2D eigenvalue weighted by Crippen LogP contribution is -2.07. The van der Waals surface area contributed by atoms with Crippen LogP contribution in [0, 0.1) is 5.92 Å². The van der Waals surface area contributed by atoms with E-state index in [4.69, 9.17) is 4.74 Å². The molecule has 2 unspecified atom stereocenters. The Hall–Kier alpha value is -0.800. The Morgan fingerprint density at radius 2 is 1.80 bits per heavy atom. The predicted octanol–water partition coefficient (Wildman–Crippen LogP) is 5.77. The highest BCUT2D eigenvalue weighted by Crippen LogP contribution is 2.35. The van der Waals surface area contributed by atoms with E-state index in [2.05, 4.69) is 69.1 Å². The van der Waals surface area contributed by atoms with Gasteiger partial charge in [-0.3, -0.25) is 0 Å². The van der Waals surface area contributed by atoms with Gasteiger partial charge in [-0.1, -0.05) is 69.1 Å². The number of halogens is 2. The zero-order chi connectivity index (χ0) is 14.5. The maximum absolute atomic E-state index is 5.30. The first-order valence-corrected chi connectivity index (χ1v) is 8.34. The summed E-state index contributed by atoms with van der Waals surface area (Å²) in [6, 6.07) is 16.7. The number of alkyl halides is 1. The van der Waals surface area contributed by atoms with Gasteiger partial charge in [-0.05, 0) is 41.7 Å². The topological polar surface area (TPSA) is 9.23 Å². The van der Waals surface area contributed by atoms with Gasteiger partial charge in [0.2, 0.25) is 0 Å². The van der Waals surface area contributed by atoms with E-state index >= 15 is 0 Å². The van der Waals surface area contributed by atoms with E-state index in [1.807, 2.05) is 18.2 Å². The largest absolute Gasteiger partial charge is 0.497 e. The highest BCUT2D eigenvalue weighted by atomic mass is 79.9. The van der Waals surface area contributed by atoms with E-state index in [1.54, 1.807) is 7.11 Å². The highest BCUT2D eigenvalue weighted by molar-refractivity contribution is 9.10. The van der Waals surface area contributed by atoms with Gasteiger partial charge in [0.05, 0.1) is 7.11 Å². The average molecular weight is 398 g/mol. The third kappa shape index (κ3) is 3.86. The lowest BCUT2D eigenvalue weighted by Gasteiger charge is -2.20. The molecule has 2 rings (SSSR count). The number of hydrogen-bond acceptors (Lipinski definition) is 1. The van der Waals surface area contributed by atoms with Crippen molar-refractivity contribution in [1.29, 1.82) is 0 Å². The van der Waals surface area contributed by atoms with Gasteiger partial charge in [-0.25, -0.2) is 0 Å². The molecule has 0 amide bonds. The average Bonchev–Trinajstić information content (AvgIpc) is 2.49. The molecule has 3 heteroatoms. The monoisotopic (exact) mass is 396 g/mol. The molecule has 1 nitrogen and oxygen atoms in total. The number of ether oxygens (including phenoxy) is 1. The molecule has 0 saturated heterocycles. The van der Waals surface area contributed by atoms with Gasteiger partial charge in [-0.15, -0.1) is 0 Å². The summed E-state index contributed by atoms with van der Waals surface area (Å²) in [7, 11) is 1.70. The Morgan fingerprint density at radius 1 is 1.10 bits per heavy atom. The molecule has 0 fully saturated rings. The second-order valence-electron chi connectivity index (χ2n) is 4.95. The molecule has 0 aromatic heterocycles. The molecule has 2 aromatic carbocycles. The number of rotatable bonds is 5. The van der Waals surface area contributed by atoms with E-state index in [-0.39, 0.29) is 0 Å². The summed E-state index contributed by atoms with van der Waals surface area (Å²) in [5.74, 6) is 1.39. The molecule has 106 valence electrons. The van der Waals surface area contributed by atoms with Crippen LogP contribution in [-0.4, -0.2) is 7.11 Å². The van der Waals surface area contributed by atoms with Crippen molar-refractivity contribution in [2.24, 2.45) is 5.92 Å². The van der Waals surface area contributed by atoms with Crippen LogP contribution in [0.25, 0.3) is 0 Å². The van der Waals surface area contributed by atoms with Crippen molar-refractivity contribution in [2.45, 2.75) is 18.2 Å². The zero-order valence-corrected chi connectivity index (χ0v) is 14.8. The summed E-state index contributed by atoms with van der Waals surface area (Å²) in [5, 5.41) is 0. The summed E-state index contributed by atoms with van der Waals surface area (Å²) in [4.78, 5) is 0.349. The maximum atomic E-state index is 5.30. The van der Waals surface area contributed by atoms with Gasteiger partial charge in [-0.2, -0.15) is 0 Å². The quantitative estimate of drug-likeness (QED) is 0.581. The minimum absolute atomic E-state index is 0.349. The number of methoxy groups -OCH3 is 1. The van der Waals surface area contributed by atoms with E-state index in [0.29, 0.717) is 10.7 Å². The SMILES string of the molecule is COc1ccc(Br)c(CC(C)C(Br)c2ccccc2)c1. The Bertz CT molecular complexity index is 554. The van der Waals surface area contributed by atoms with Crippen molar-refractivity contribution in [1.82, 2.24) is 0 Å². The van der Waals surface area contributed by atoms with E-state index < -0.39 is 0 Å². The number of benzene rings is 2. The first-order valence-electron chi connectivity index (χ1n) is 6.63. The Labute approximate surface area is 137 Å². The maximum Gasteiger partial charge on any atom is 0.119 e. The van der Waals surface area contributed by atoms with Crippen LogP contribution >= 0.6 is 31.9 Å².